The lowest BCUT2D eigenvalue weighted by molar-refractivity contribution is -0.137. The van der Waals surface area contributed by atoms with Crippen molar-refractivity contribution in [2.24, 2.45) is 0 Å². The van der Waals surface area contributed by atoms with Gasteiger partial charge in [-0.3, -0.25) is 9.10 Å². The van der Waals surface area contributed by atoms with E-state index < -0.39 is 45.3 Å². The summed E-state index contributed by atoms with van der Waals surface area (Å²) in [6.07, 6.45) is -4.83. The number of hydrogen-bond donors (Lipinski definition) is 1. The second-order valence-electron chi connectivity index (χ2n) is 9.88. The van der Waals surface area contributed by atoms with Crippen LogP contribution in [0.25, 0.3) is 0 Å². The van der Waals surface area contributed by atoms with Crippen LogP contribution in [0.15, 0.2) is 59.5 Å². The van der Waals surface area contributed by atoms with Gasteiger partial charge < -0.3 is 10.1 Å². The second kappa shape index (κ2) is 12.1. The molecule has 0 spiro atoms. The molecule has 0 saturated carbocycles. The van der Waals surface area contributed by atoms with Crippen molar-refractivity contribution in [3.63, 3.8) is 0 Å². The molecular weight excluding hydrogens is 565 g/mol. The van der Waals surface area contributed by atoms with Crippen molar-refractivity contribution in [2.45, 2.75) is 57.7 Å². The molecular formula is C29H32ClF3N2O4S. The zero-order valence-electron chi connectivity index (χ0n) is 23.1. The quantitative estimate of drug-likeness (QED) is 0.284. The molecule has 0 fully saturated rings. The number of carbonyl (C=O) groups excluding carboxylic acids is 1. The van der Waals surface area contributed by atoms with Gasteiger partial charge in [0, 0.05) is 0 Å². The first-order valence-corrected chi connectivity index (χ1v) is 14.3. The van der Waals surface area contributed by atoms with E-state index in [1.54, 1.807) is 33.1 Å². The van der Waals surface area contributed by atoms with Crippen molar-refractivity contribution in [1.29, 1.82) is 0 Å². The van der Waals surface area contributed by atoms with E-state index in [1.165, 1.54) is 12.1 Å². The molecule has 11 heteroatoms. The highest BCUT2D eigenvalue weighted by Gasteiger charge is 2.35. The molecule has 1 amide bonds. The molecule has 0 aliphatic rings. The number of carbonyl (C=O) groups is 1. The van der Waals surface area contributed by atoms with Crippen LogP contribution in [0.1, 0.15) is 60.5 Å². The number of nitrogens with one attached hydrogen (secondary N) is 1. The molecule has 3 rings (SSSR count). The number of sulfonamides is 1. The van der Waals surface area contributed by atoms with E-state index in [2.05, 4.69) is 5.32 Å². The van der Waals surface area contributed by atoms with Crippen LogP contribution in [0.2, 0.25) is 5.02 Å². The average molecular weight is 597 g/mol. The molecule has 0 bridgehead atoms. The molecule has 0 saturated heterocycles. The van der Waals surface area contributed by atoms with Crippen molar-refractivity contribution in [3.05, 3.63) is 87.4 Å². The first kappa shape index (κ1) is 31.3. The Kier molecular flexibility index (Phi) is 9.46. The van der Waals surface area contributed by atoms with Crippen LogP contribution in [-0.4, -0.2) is 28.0 Å². The fraction of sp³-hybridized carbons (Fsp3) is 0.345. The van der Waals surface area contributed by atoms with Gasteiger partial charge in [-0.2, -0.15) is 13.2 Å². The van der Waals surface area contributed by atoms with E-state index in [4.69, 9.17) is 16.3 Å². The first-order valence-electron chi connectivity index (χ1n) is 12.5. The fourth-order valence-electron chi connectivity index (χ4n) is 4.34. The summed E-state index contributed by atoms with van der Waals surface area (Å²) in [6.45, 7) is 8.64. The molecule has 3 aromatic carbocycles. The Morgan fingerprint density at radius 3 is 2.17 bits per heavy atom. The largest absolute Gasteiger partial charge is 0.496 e. The van der Waals surface area contributed by atoms with Crippen molar-refractivity contribution < 1.29 is 31.1 Å². The number of amides is 1. The monoisotopic (exact) mass is 596 g/mol. The summed E-state index contributed by atoms with van der Waals surface area (Å²) in [6, 6.07) is 11.8. The molecule has 3 aromatic rings. The van der Waals surface area contributed by atoms with Crippen LogP contribution in [0.5, 0.6) is 5.75 Å². The third kappa shape index (κ3) is 6.90. The van der Waals surface area contributed by atoms with Gasteiger partial charge in [-0.1, -0.05) is 43.1 Å². The molecule has 0 heterocycles. The first-order chi connectivity index (χ1) is 18.6. The summed E-state index contributed by atoms with van der Waals surface area (Å²) < 4.78 is 74.3. The molecule has 1 N–H and O–H groups in total. The molecule has 216 valence electrons. The van der Waals surface area contributed by atoms with Crippen LogP contribution in [0.3, 0.4) is 0 Å². The van der Waals surface area contributed by atoms with Crippen molar-refractivity contribution >= 4 is 33.2 Å². The second-order valence-corrected chi connectivity index (χ2v) is 12.2. The minimum atomic E-state index is -4.83. The van der Waals surface area contributed by atoms with Gasteiger partial charge in [0.1, 0.15) is 12.3 Å². The normalized spacial score (nSPS) is 12.8. The number of aryl methyl sites for hydroxylation is 2. The van der Waals surface area contributed by atoms with E-state index in [0.717, 1.165) is 34.4 Å². The maximum atomic E-state index is 13.6. The molecule has 40 heavy (non-hydrogen) atoms. The summed E-state index contributed by atoms with van der Waals surface area (Å²) in [5.41, 5.74) is 1.83. The summed E-state index contributed by atoms with van der Waals surface area (Å²) in [5.74, 6) is 0.154. The van der Waals surface area contributed by atoms with Gasteiger partial charge >= 0.3 is 6.18 Å². The third-order valence-corrected chi connectivity index (χ3v) is 8.64. The highest BCUT2D eigenvalue weighted by molar-refractivity contribution is 7.92. The van der Waals surface area contributed by atoms with Crippen LogP contribution >= 0.6 is 11.6 Å². The van der Waals surface area contributed by atoms with Crippen LogP contribution in [-0.2, 0) is 21.0 Å². The molecule has 0 radical (unpaired) electrons. The summed E-state index contributed by atoms with van der Waals surface area (Å²) in [5, 5.41) is 2.21. The molecule has 0 unspecified atom stereocenters. The Balaban J connectivity index is 2.01. The zero-order chi connectivity index (χ0) is 30.0. The van der Waals surface area contributed by atoms with E-state index in [9.17, 15) is 26.4 Å². The smallest absolute Gasteiger partial charge is 0.417 e. The van der Waals surface area contributed by atoms with Crippen LogP contribution in [0, 0.1) is 13.8 Å². The van der Waals surface area contributed by atoms with Crippen LogP contribution in [0.4, 0.5) is 18.9 Å². The number of anilines is 1. The zero-order valence-corrected chi connectivity index (χ0v) is 24.6. The minimum absolute atomic E-state index is 0.139. The maximum Gasteiger partial charge on any atom is 0.417 e. The molecule has 1 atom stereocenters. The standard InChI is InChI=1S/C29H32ClF3N2O4S/c1-17(2)23-15-24(19(4)13-27(23)39-6)20(5)34-28(36)16-35(40(37,38)22-10-7-18(3)8-11-22)21-9-12-26(30)25(14-21)29(31,32)33/h7-15,17,20H,16H2,1-6H3,(H,34,36)/t20-/m1/s1. The van der Waals surface area contributed by atoms with Gasteiger partial charge in [0.05, 0.1) is 34.3 Å². The number of benzene rings is 3. The number of halogens is 4. The molecule has 6 nitrogen and oxygen atoms in total. The van der Waals surface area contributed by atoms with Crippen molar-refractivity contribution in [2.75, 3.05) is 18.0 Å². The van der Waals surface area contributed by atoms with E-state index in [1.807, 2.05) is 32.9 Å². The average Bonchev–Trinajstić information content (AvgIpc) is 2.86. The highest BCUT2D eigenvalue weighted by Crippen LogP contribution is 2.38. The van der Waals surface area contributed by atoms with E-state index in [-0.39, 0.29) is 16.5 Å². The number of nitrogens with zero attached hydrogens (tertiary/aromatic N) is 1. The predicted molar refractivity (Wildman–Crippen MR) is 151 cm³/mol. The summed E-state index contributed by atoms with van der Waals surface area (Å²) in [7, 11) is -2.85. The van der Waals surface area contributed by atoms with Crippen molar-refractivity contribution in [3.8, 4) is 5.75 Å². The number of methoxy groups -OCH3 is 1. The molecule has 0 aliphatic heterocycles. The van der Waals surface area contributed by atoms with E-state index >= 15 is 0 Å². The van der Waals surface area contributed by atoms with Crippen LogP contribution < -0.4 is 14.4 Å². The van der Waals surface area contributed by atoms with Crippen molar-refractivity contribution in [1.82, 2.24) is 5.32 Å². The molecule has 0 aliphatic carbocycles. The fourth-order valence-corrected chi connectivity index (χ4v) is 5.98. The predicted octanol–water partition coefficient (Wildman–Crippen LogP) is 7.18. The Hall–Kier alpha value is -3.24. The Morgan fingerprint density at radius 1 is 1.00 bits per heavy atom. The van der Waals surface area contributed by atoms with Gasteiger partial charge in [-0.25, -0.2) is 8.42 Å². The van der Waals surface area contributed by atoms with Gasteiger partial charge in [-0.15, -0.1) is 0 Å². The third-order valence-electron chi connectivity index (χ3n) is 6.52. The number of ether oxygens (including phenoxy) is 1. The number of hydrogen-bond acceptors (Lipinski definition) is 4. The maximum absolute atomic E-state index is 13.6. The number of alkyl halides is 3. The van der Waals surface area contributed by atoms with Gasteiger partial charge in [0.15, 0.2) is 0 Å². The lowest BCUT2D eigenvalue weighted by Gasteiger charge is -2.26. The molecule has 0 aromatic heterocycles. The Bertz CT molecular complexity index is 1490. The number of rotatable bonds is 9. The Labute approximate surface area is 238 Å². The SMILES string of the molecule is COc1cc(C)c([C@@H](C)NC(=O)CN(c2ccc(Cl)c(C(F)(F)F)c2)S(=O)(=O)c2ccc(C)cc2)cc1C(C)C. The van der Waals surface area contributed by atoms with E-state index in [0.29, 0.717) is 16.1 Å². The summed E-state index contributed by atoms with van der Waals surface area (Å²) >= 11 is 5.77. The Morgan fingerprint density at radius 2 is 1.62 bits per heavy atom. The highest BCUT2D eigenvalue weighted by atomic mass is 35.5. The topological polar surface area (TPSA) is 75.7 Å². The van der Waals surface area contributed by atoms with Gasteiger partial charge in [0.2, 0.25) is 5.91 Å². The lowest BCUT2D eigenvalue weighted by atomic mass is 9.93. The van der Waals surface area contributed by atoms with Gasteiger partial charge in [0.25, 0.3) is 10.0 Å². The summed E-state index contributed by atoms with van der Waals surface area (Å²) in [4.78, 5) is 13.1. The van der Waals surface area contributed by atoms with Gasteiger partial charge in [-0.05, 0) is 85.8 Å². The lowest BCUT2D eigenvalue weighted by Crippen LogP contribution is -2.41. The minimum Gasteiger partial charge on any atom is -0.496 e.